The van der Waals surface area contributed by atoms with Crippen LogP contribution in [0, 0.1) is 0 Å². The van der Waals surface area contributed by atoms with Gasteiger partial charge in [-0.2, -0.15) is 4.52 Å². The summed E-state index contributed by atoms with van der Waals surface area (Å²) in [6, 6.07) is 13.4. The second-order valence-electron chi connectivity index (χ2n) is 5.44. The van der Waals surface area contributed by atoms with E-state index in [1.54, 1.807) is 18.9 Å². The molecule has 0 fully saturated rings. The van der Waals surface area contributed by atoms with E-state index in [1.165, 1.54) is 4.52 Å². The van der Waals surface area contributed by atoms with E-state index in [2.05, 4.69) is 22.0 Å². The minimum atomic E-state index is -0.293. The first-order valence-corrected chi connectivity index (χ1v) is 8.89. The van der Waals surface area contributed by atoms with E-state index in [4.69, 9.17) is 4.74 Å². The second-order valence-corrected chi connectivity index (χ2v) is 6.75. The topological polar surface area (TPSA) is 72.3 Å². The number of thioether (sulfide) groups is 1. The van der Waals surface area contributed by atoms with Gasteiger partial charge in [0.2, 0.25) is 0 Å². The molecule has 7 heteroatoms. The van der Waals surface area contributed by atoms with Crippen molar-refractivity contribution in [3.05, 3.63) is 52.9 Å². The van der Waals surface area contributed by atoms with Crippen LogP contribution in [0.1, 0.15) is 6.92 Å². The SMILES string of the molecule is CCSc1cccc2c1[nH]c(=O)n1nc(-c3ccc(OC)cc3)nc21. The summed E-state index contributed by atoms with van der Waals surface area (Å²) in [6.07, 6.45) is 0. The summed E-state index contributed by atoms with van der Waals surface area (Å²) >= 11 is 1.69. The number of H-pyrrole nitrogens is 1. The zero-order chi connectivity index (χ0) is 17.4. The van der Waals surface area contributed by atoms with Crippen molar-refractivity contribution in [2.24, 2.45) is 0 Å². The number of ether oxygens (including phenoxy) is 1. The number of hydrogen-bond acceptors (Lipinski definition) is 5. The van der Waals surface area contributed by atoms with Crippen LogP contribution in [-0.2, 0) is 0 Å². The Hall–Kier alpha value is -2.80. The maximum Gasteiger partial charge on any atom is 0.348 e. The van der Waals surface area contributed by atoms with Gasteiger partial charge < -0.3 is 9.72 Å². The first-order chi connectivity index (χ1) is 12.2. The van der Waals surface area contributed by atoms with Crippen molar-refractivity contribution >= 4 is 28.3 Å². The maximum atomic E-state index is 12.5. The van der Waals surface area contributed by atoms with Gasteiger partial charge in [-0.3, -0.25) is 0 Å². The predicted molar refractivity (Wildman–Crippen MR) is 99.5 cm³/mol. The van der Waals surface area contributed by atoms with Gasteiger partial charge in [0.15, 0.2) is 11.5 Å². The summed E-state index contributed by atoms with van der Waals surface area (Å²) in [6.45, 7) is 2.08. The van der Waals surface area contributed by atoms with Gasteiger partial charge in [0.05, 0.1) is 12.6 Å². The van der Waals surface area contributed by atoms with Crippen LogP contribution in [0.3, 0.4) is 0 Å². The van der Waals surface area contributed by atoms with Crippen molar-refractivity contribution in [1.29, 1.82) is 0 Å². The highest BCUT2D eigenvalue weighted by Gasteiger charge is 2.14. The Balaban J connectivity index is 1.95. The molecule has 0 amide bonds. The van der Waals surface area contributed by atoms with Crippen LogP contribution in [0.2, 0.25) is 0 Å². The average Bonchev–Trinajstić information content (AvgIpc) is 3.09. The van der Waals surface area contributed by atoms with Crippen LogP contribution < -0.4 is 10.4 Å². The average molecular weight is 352 g/mol. The molecule has 0 aliphatic heterocycles. The van der Waals surface area contributed by atoms with Gasteiger partial charge in [0.1, 0.15) is 5.75 Å². The third-order valence-corrected chi connectivity index (χ3v) is 4.89. The Bertz CT molecular complexity index is 1120. The molecule has 0 spiro atoms. The van der Waals surface area contributed by atoms with E-state index in [1.807, 2.05) is 42.5 Å². The maximum absolute atomic E-state index is 12.5. The number of nitrogens with zero attached hydrogens (tertiary/aromatic N) is 3. The zero-order valence-corrected chi connectivity index (χ0v) is 14.6. The minimum absolute atomic E-state index is 0.293. The van der Waals surface area contributed by atoms with Crippen LogP contribution >= 0.6 is 11.8 Å². The van der Waals surface area contributed by atoms with E-state index in [0.717, 1.165) is 32.9 Å². The molecule has 0 saturated carbocycles. The first kappa shape index (κ1) is 15.7. The van der Waals surface area contributed by atoms with E-state index in [9.17, 15) is 4.79 Å². The highest BCUT2D eigenvalue weighted by molar-refractivity contribution is 7.99. The summed E-state index contributed by atoms with van der Waals surface area (Å²) in [5.74, 6) is 2.20. The smallest absolute Gasteiger partial charge is 0.348 e. The molecule has 6 nitrogen and oxygen atoms in total. The molecule has 0 aliphatic rings. The zero-order valence-electron chi connectivity index (χ0n) is 13.8. The summed E-state index contributed by atoms with van der Waals surface area (Å²) in [4.78, 5) is 21.0. The molecule has 2 aromatic heterocycles. The Labute approximate surface area is 147 Å². The number of rotatable bonds is 4. The number of hydrogen-bond donors (Lipinski definition) is 1. The van der Waals surface area contributed by atoms with Crippen molar-refractivity contribution in [3.63, 3.8) is 0 Å². The first-order valence-electron chi connectivity index (χ1n) is 7.90. The number of methoxy groups -OCH3 is 1. The van der Waals surface area contributed by atoms with Crippen LogP contribution in [0.25, 0.3) is 27.9 Å². The molecule has 0 atom stereocenters. The monoisotopic (exact) mass is 352 g/mol. The number of benzene rings is 2. The van der Waals surface area contributed by atoms with E-state index in [-0.39, 0.29) is 5.69 Å². The van der Waals surface area contributed by atoms with Gasteiger partial charge in [-0.25, -0.2) is 9.78 Å². The minimum Gasteiger partial charge on any atom is -0.497 e. The molecule has 0 saturated heterocycles. The van der Waals surface area contributed by atoms with Gasteiger partial charge in [-0.15, -0.1) is 16.9 Å². The summed E-state index contributed by atoms with van der Waals surface area (Å²) in [7, 11) is 1.62. The quantitative estimate of drug-likeness (QED) is 0.570. The van der Waals surface area contributed by atoms with Crippen molar-refractivity contribution in [1.82, 2.24) is 19.6 Å². The molecular weight excluding hydrogens is 336 g/mol. The lowest BCUT2D eigenvalue weighted by atomic mass is 10.2. The molecule has 25 heavy (non-hydrogen) atoms. The Morgan fingerprint density at radius 2 is 2.00 bits per heavy atom. The number of nitrogens with one attached hydrogen (secondary N) is 1. The number of para-hydroxylation sites is 1. The largest absolute Gasteiger partial charge is 0.497 e. The van der Waals surface area contributed by atoms with E-state index in [0.29, 0.717) is 11.5 Å². The lowest BCUT2D eigenvalue weighted by Gasteiger charge is -2.04. The molecule has 4 rings (SSSR count). The summed E-state index contributed by atoms with van der Waals surface area (Å²) in [5.41, 5.74) is 1.90. The highest BCUT2D eigenvalue weighted by atomic mass is 32.2. The molecule has 2 aromatic carbocycles. The predicted octanol–water partition coefficient (Wildman–Crippen LogP) is 3.36. The Morgan fingerprint density at radius 1 is 1.20 bits per heavy atom. The van der Waals surface area contributed by atoms with Gasteiger partial charge >= 0.3 is 5.69 Å². The molecule has 1 N–H and O–H groups in total. The van der Waals surface area contributed by atoms with Crippen molar-refractivity contribution in [2.45, 2.75) is 11.8 Å². The fraction of sp³-hybridized carbons (Fsp3) is 0.167. The van der Waals surface area contributed by atoms with Gasteiger partial charge in [0.25, 0.3) is 0 Å². The third kappa shape index (κ3) is 2.66. The summed E-state index contributed by atoms with van der Waals surface area (Å²) in [5, 5.41) is 5.26. The Kier molecular flexibility index (Phi) is 3.93. The Morgan fingerprint density at radius 3 is 2.72 bits per heavy atom. The number of aromatic amines is 1. The van der Waals surface area contributed by atoms with Crippen LogP contribution in [0.4, 0.5) is 0 Å². The van der Waals surface area contributed by atoms with Gasteiger partial charge in [-0.1, -0.05) is 13.0 Å². The molecule has 0 unspecified atom stereocenters. The molecule has 0 radical (unpaired) electrons. The summed E-state index contributed by atoms with van der Waals surface area (Å²) < 4.78 is 6.50. The number of fused-ring (bicyclic) bond motifs is 3. The standard InChI is InChI=1S/C18H16N4O2S/c1-3-25-14-6-4-5-13-15(14)19-18(23)22-17(13)20-16(21-22)11-7-9-12(24-2)10-8-11/h4-10H,3H2,1-2H3,(H,19,23). The molecule has 4 aromatic rings. The molecule has 0 aliphatic carbocycles. The van der Waals surface area contributed by atoms with Crippen LogP contribution in [0.5, 0.6) is 5.75 Å². The van der Waals surface area contributed by atoms with Gasteiger partial charge in [0, 0.05) is 15.8 Å². The second kappa shape index (κ2) is 6.25. The van der Waals surface area contributed by atoms with E-state index < -0.39 is 0 Å². The van der Waals surface area contributed by atoms with Gasteiger partial charge in [-0.05, 0) is 42.2 Å². The molecule has 2 heterocycles. The highest BCUT2D eigenvalue weighted by Crippen LogP contribution is 2.28. The van der Waals surface area contributed by atoms with Crippen molar-refractivity contribution < 1.29 is 4.74 Å². The number of aromatic nitrogens is 4. The fourth-order valence-electron chi connectivity index (χ4n) is 2.77. The van der Waals surface area contributed by atoms with E-state index >= 15 is 0 Å². The van der Waals surface area contributed by atoms with Crippen molar-refractivity contribution in [2.75, 3.05) is 12.9 Å². The van der Waals surface area contributed by atoms with Crippen LogP contribution in [0.15, 0.2) is 52.2 Å². The molecule has 0 bridgehead atoms. The third-order valence-electron chi connectivity index (χ3n) is 3.95. The lowest BCUT2D eigenvalue weighted by molar-refractivity contribution is 0.415. The molecular formula is C18H16N4O2S. The van der Waals surface area contributed by atoms with Crippen LogP contribution in [-0.4, -0.2) is 32.4 Å². The fourth-order valence-corrected chi connectivity index (χ4v) is 3.56. The molecule has 126 valence electrons. The van der Waals surface area contributed by atoms with Crippen molar-refractivity contribution in [3.8, 4) is 17.1 Å². The lowest BCUT2D eigenvalue weighted by Crippen LogP contribution is -2.17. The normalized spacial score (nSPS) is 11.3.